The van der Waals surface area contributed by atoms with Gasteiger partial charge in [0.1, 0.15) is 0 Å². The summed E-state index contributed by atoms with van der Waals surface area (Å²) in [5, 5.41) is 3.16. The van der Waals surface area contributed by atoms with Gasteiger partial charge in [-0.1, -0.05) is 0 Å². The molecule has 0 aliphatic heterocycles. The molecule has 0 bridgehead atoms. The Labute approximate surface area is 58.7 Å². The number of nitrogens with one attached hydrogen (secondary N) is 1. The fraction of sp³-hybridized carbons (Fsp3) is 0.286. The summed E-state index contributed by atoms with van der Waals surface area (Å²) >= 11 is 0. The Morgan fingerprint density at radius 3 is 3.00 bits per heavy atom. The predicted molar refractivity (Wildman–Crippen MR) is 39.0 cm³/mol. The first-order valence-corrected chi connectivity index (χ1v) is 3.27. The van der Waals surface area contributed by atoms with Gasteiger partial charge < -0.3 is 0 Å². The van der Waals surface area contributed by atoms with E-state index in [4.69, 9.17) is 0 Å². The van der Waals surface area contributed by atoms with Crippen LogP contribution in [0, 0.1) is 13.8 Å². The number of imidazole rings is 1. The maximum absolute atomic E-state index is 4.17. The summed E-state index contributed by atoms with van der Waals surface area (Å²) in [7, 11) is 0. The van der Waals surface area contributed by atoms with Crippen molar-refractivity contribution in [2.24, 2.45) is 0 Å². The third-order valence-electron chi connectivity index (χ3n) is 1.60. The molecule has 0 atom stereocenters. The molecule has 0 saturated carbocycles. The minimum Gasteiger partial charge on any atom is -0.297 e. The zero-order valence-corrected chi connectivity index (χ0v) is 6.05. The molecule has 0 aliphatic carbocycles. The molecule has 2 rings (SSSR count). The second-order valence-electron chi connectivity index (χ2n) is 2.53. The third kappa shape index (κ3) is 0.572. The number of hydrogen-bond acceptors (Lipinski definition) is 1. The lowest BCUT2D eigenvalue weighted by molar-refractivity contribution is 0.907. The van der Waals surface area contributed by atoms with Gasteiger partial charge in [-0.05, 0) is 13.8 Å². The Bertz CT molecular complexity index is 356. The lowest BCUT2D eigenvalue weighted by Gasteiger charge is -1.86. The van der Waals surface area contributed by atoms with Gasteiger partial charge in [0.25, 0.3) is 0 Å². The van der Waals surface area contributed by atoms with Crippen molar-refractivity contribution in [1.82, 2.24) is 14.6 Å². The minimum absolute atomic E-state index is 0.995. The van der Waals surface area contributed by atoms with Gasteiger partial charge in [-0.15, -0.1) is 0 Å². The summed E-state index contributed by atoms with van der Waals surface area (Å²) in [4.78, 5) is 4.17. The first kappa shape index (κ1) is 5.53. The highest BCUT2D eigenvalue weighted by molar-refractivity contribution is 5.40. The molecule has 3 heteroatoms. The van der Waals surface area contributed by atoms with Crippen LogP contribution < -0.4 is 0 Å². The average Bonchev–Trinajstić information content (AvgIpc) is 2.35. The highest BCUT2D eigenvalue weighted by Gasteiger charge is 1.98. The number of hydrogen-bond donors (Lipinski definition) is 1. The molecule has 52 valence electrons. The van der Waals surface area contributed by atoms with E-state index in [1.165, 1.54) is 0 Å². The van der Waals surface area contributed by atoms with Gasteiger partial charge in [0.2, 0.25) is 0 Å². The van der Waals surface area contributed by atoms with Gasteiger partial charge >= 0.3 is 0 Å². The number of fused-ring (bicyclic) bond motifs is 1. The quantitative estimate of drug-likeness (QED) is 0.580. The van der Waals surface area contributed by atoms with Crippen molar-refractivity contribution >= 4 is 5.65 Å². The van der Waals surface area contributed by atoms with E-state index in [1.54, 1.807) is 0 Å². The van der Waals surface area contributed by atoms with Crippen LogP contribution in [0.4, 0.5) is 0 Å². The summed E-state index contributed by atoms with van der Waals surface area (Å²) in [5.74, 6) is 0. The monoisotopic (exact) mass is 135 g/mol. The van der Waals surface area contributed by atoms with E-state index < -0.39 is 0 Å². The molecular weight excluding hydrogens is 126 g/mol. The van der Waals surface area contributed by atoms with Crippen LogP contribution in [0.15, 0.2) is 12.3 Å². The van der Waals surface area contributed by atoms with Crippen molar-refractivity contribution in [1.29, 1.82) is 0 Å². The van der Waals surface area contributed by atoms with Crippen molar-refractivity contribution in [3.8, 4) is 0 Å². The molecule has 2 aromatic heterocycles. The normalized spacial score (nSPS) is 11.0. The molecule has 0 aromatic carbocycles. The van der Waals surface area contributed by atoms with Gasteiger partial charge in [0.15, 0.2) is 5.65 Å². The molecule has 3 nitrogen and oxygen atoms in total. The number of aromatic amines is 1. The van der Waals surface area contributed by atoms with E-state index in [-0.39, 0.29) is 0 Å². The summed E-state index contributed by atoms with van der Waals surface area (Å²) in [5.41, 5.74) is 3.28. The summed E-state index contributed by atoms with van der Waals surface area (Å²) < 4.78 is 1.97. The van der Waals surface area contributed by atoms with Crippen molar-refractivity contribution < 1.29 is 0 Å². The molecule has 0 radical (unpaired) electrons. The second kappa shape index (κ2) is 1.62. The van der Waals surface area contributed by atoms with Crippen LogP contribution in [0.5, 0.6) is 0 Å². The molecule has 10 heavy (non-hydrogen) atoms. The second-order valence-corrected chi connectivity index (χ2v) is 2.53. The van der Waals surface area contributed by atoms with Crippen LogP contribution in [0.25, 0.3) is 5.65 Å². The van der Waals surface area contributed by atoms with E-state index in [2.05, 4.69) is 10.1 Å². The SMILES string of the molecule is Cc1cc2ncc(C)n2[nH]1. The molecule has 2 aromatic rings. The Morgan fingerprint density at radius 2 is 2.30 bits per heavy atom. The van der Waals surface area contributed by atoms with Crippen LogP contribution in [-0.2, 0) is 0 Å². The highest BCUT2D eigenvalue weighted by atomic mass is 15.3. The fourth-order valence-electron chi connectivity index (χ4n) is 1.11. The lowest BCUT2D eigenvalue weighted by atomic mass is 10.5. The Kier molecular flexibility index (Phi) is 0.897. The van der Waals surface area contributed by atoms with Gasteiger partial charge in [0, 0.05) is 11.8 Å². The first-order valence-electron chi connectivity index (χ1n) is 3.27. The minimum atomic E-state index is 0.995. The van der Waals surface area contributed by atoms with E-state index in [1.807, 2.05) is 30.6 Å². The number of H-pyrrole nitrogens is 1. The molecular formula is C7H9N3. The first-order chi connectivity index (χ1) is 4.77. The zero-order chi connectivity index (χ0) is 7.14. The van der Waals surface area contributed by atoms with Crippen LogP contribution in [0.1, 0.15) is 11.4 Å². The molecule has 0 aliphatic rings. The maximum Gasteiger partial charge on any atom is 0.153 e. The zero-order valence-electron chi connectivity index (χ0n) is 6.05. The van der Waals surface area contributed by atoms with Gasteiger partial charge in [-0.2, -0.15) is 0 Å². The predicted octanol–water partition coefficient (Wildman–Crippen LogP) is 1.28. The van der Waals surface area contributed by atoms with E-state index in [9.17, 15) is 0 Å². The van der Waals surface area contributed by atoms with Crippen LogP contribution in [0.2, 0.25) is 0 Å². The van der Waals surface area contributed by atoms with Crippen molar-refractivity contribution in [2.75, 3.05) is 0 Å². The van der Waals surface area contributed by atoms with Crippen LogP contribution in [-0.4, -0.2) is 14.6 Å². The van der Waals surface area contributed by atoms with E-state index >= 15 is 0 Å². The van der Waals surface area contributed by atoms with Crippen molar-refractivity contribution in [3.63, 3.8) is 0 Å². The smallest absolute Gasteiger partial charge is 0.153 e. The largest absolute Gasteiger partial charge is 0.297 e. The summed E-state index contributed by atoms with van der Waals surface area (Å²) in [6.07, 6.45) is 1.85. The van der Waals surface area contributed by atoms with Gasteiger partial charge in [-0.3, -0.25) is 5.10 Å². The molecule has 0 saturated heterocycles. The molecule has 1 N–H and O–H groups in total. The van der Waals surface area contributed by atoms with E-state index in [0.29, 0.717) is 0 Å². The van der Waals surface area contributed by atoms with Crippen LogP contribution >= 0.6 is 0 Å². The summed E-state index contributed by atoms with van der Waals surface area (Å²) in [6, 6.07) is 2.02. The molecule has 2 heterocycles. The summed E-state index contributed by atoms with van der Waals surface area (Å²) in [6.45, 7) is 4.05. The fourth-order valence-corrected chi connectivity index (χ4v) is 1.11. The Balaban J connectivity index is 2.90. The maximum atomic E-state index is 4.17. The molecule has 0 unspecified atom stereocenters. The van der Waals surface area contributed by atoms with Crippen molar-refractivity contribution in [3.05, 3.63) is 23.7 Å². The van der Waals surface area contributed by atoms with Crippen LogP contribution in [0.3, 0.4) is 0 Å². The Hall–Kier alpha value is -1.25. The number of aromatic nitrogens is 3. The highest BCUT2D eigenvalue weighted by Crippen LogP contribution is 2.05. The van der Waals surface area contributed by atoms with Crippen molar-refractivity contribution in [2.45, 2.75) is 13.8 Å². The number of rotatable bonds is 0. The Morgan fingerprint density at radius 1 is 1.50 bits per heavy atom. The van der Waals surface area contributed by atoms with Gasteiger partial charge in [0.05, 0.1) is 11.9 Å². The lowest BCUT2D eigenvalue weighted by Crippen LogP contribution is -1.85. The van der Waals surface area contributed by atoms with E-state index in [0.717, 1.165) is 17.0 Å². The standard InChI is InChI=1S/C7H9N3/c1-5-3-7-8-4-6(2)10(7)9-5/h3-4,9H,1-2H3. The van der Waals surface area contributed by atoms with Gasteiger partial charge in [-0.25, -0.2) is 9.50 Å². The molecule has 0 amide bonds. The topological polar surface area (TPSA) is 33.1 Å². The number of nitrogens with zero attached hydrogens (tertiary/aromatic N) is 2. The molecule has 0 spiro atoms. The third-order valence-corrected chi connectivity index (χ3v) is 1.60. The molecule has 0 fully saturated rings. The number of aryl methyl sites for hydroxylation is 2. The average molecular weight is 135 g/mol.